The molecule has 2 amide bonds. The summed E-state index contributed by atoms with van der Waals surface area (Å²) in [4.78, 5) is 38.5. The van der Waals surface area contributed by atoms with E-state index in [9.17, 15) is 19.5 Å². The number of amides is 2. The van der Waals surface area contributed by atoms with Gasteiger partial charge in [-0.1, -0.05) is 55.0 Å². The third kappa shape index (κ3) is 4.77. The normalized spacial score (nSPS) is 18.8. The van der Waals surface area contributed by atoms with Gasteiger partial charge in [-0.2, -0.15) is 0 Å². The van der Waals surface area contributed by atoms with E-state index in [-0.39, 0.29) is 29.8 Å². The molecular weight excluding hydrogens is 444 g/mol. The Labute approximate surface area is 205 Å². The smallest absolute Gasteiger partial charge is 0.407 e. The average Bonchev–Trinajstić information content (AvgIpc) is 3.18. The van der Waals surface area contributed by atoms with E-state index in [1.807, 2.05) is 24.3 Å². The van der Waals surface area contributed by atoms with E-state index >= 15 is 0 Å². The van der Waals surface area contributed by atoms with Crippen molar-refractivity contribution in [2.75, 3.05) is 26.2 Å². The largest absolute Gasteiger partial charge is 0.481 e. The molecule has 2 aromatic carbocycles. The summed E-state index contributed by atoms with van der Waals surface area (Å²) in [5, 5.41) is 12.1. The maximum Gasteiger partial charge on any atom is 0.407 e. The van der Waals surface area contributed by atoms with Crippen LogP contribution in [0.25, 0.3) is 11.1 Å². The van der Waals surface area contributed by atoms with E-state index in [1.165, 1.54) is 22.3 Å². The molecule has 2 N–H and O–H groups in total. The number of ether oxygens (including phenoxy) is 1. The standard InChI is InChI=1S/C28H32N2O5/c31-25(30-14-10-19(11-15-30)26(32)33)16-28(12-5-13-28)18-29-27(34)35-17-24-22-8-3-1-6-20(22)21-7-2-4-9-23(21)24/h1-4,6-9,19,24H,5,10-18H2,(H,29,34)(H,32,33). The summed E-state index contributed by atoms with van der Waals surface area (Å²) in [7, 11) is 0. The van der Waals surface area contributed by atoms with Gasteiger partial charge in [0.2, 0.25) is 5.91 Å². The van der Waals surface area contributed by atoms with Gasteiger partial charge in [-0.15, -0.1) is 0 Å². The Morgan fingerprint density at radius 2 is 1.57 bits per heavy atom. The Hall–Kier alpha value is -3.35. The van der Waals surface area contributed by atoms with Crippen LogP contribution in [0.15, 0.2) is 48.5 Å². The van der Waals surface area contributed by atoms with Crippen LogP contribution in [0.1, 0.15) is 55.6 Å². The van der Waals surface area contributed by atoms with E-state index in [1.54, 1.807) is 4.90 Å². The quantitative estimate of drug-likeness (QED) is 0.617. The first-order chi connectivity index (χ1) is 17.0. The van der Waals surface area contributed by atoms with Gasteiger partial charge in [0, 0.05) is 32.0 Å². The number of carboxylic acid groups (broad SMARTS) is 1. The number of fused-ring (bicyclic) bond motifs is 3. The van der Waals surface area contributed by atoms with Gasteiger partial charge < -0.3 is 20.1 Å². The molecule has 35 heavy (non-hydrogen) atoms. The Morgan fingerprint density at radius 3 is 2.11 bits per heavy atom. The lowest BCUT2D eigenvalue weighted by Crippen LogP contribution is -2.48. The number of nitrogens with zero attached hydrogens (tertiary/aromatic N) is 1. The average molecular weight is 477 g/mol. The van der Waals surface area contributed by atoms with Gasteiger partial charge in [-0.3, -0.25) is 9.59 Å². The van der Waals surface area contributed by atoms with Crippen LogP contribution < -0.4 is 5.32 Å². The summed E-state index contributed by atoms with van der Waals surface area (Å²) in [5.74, 6) is -1.06. The van der Waals surface area contributed by atoms with Gasteiger partial charge in [-0.25, -0.2) is 4.79 Å². The van der Waals surface area contributed by atoms with Gasteiger partial charge in [-0.05, 0) is 53.4 Å². The first-order valence-electron chi connectivity index (χ1n) is 12.6. The van der Waals surface area contributed by atoms with Crippen molar-refractivity contribution >= 4 is 18.0 Å². The van der Waals surface area contributed by atoms with Crippen molar-refractivity contribution in [3.63, 3.8) is 0 Å². The summed E-state index contributed by atoms with van der Waals surface area (Å²) >= 11 is 0. The molecule has 0 unspecified atom stereocenters. The zero-order chi connectivity index (χ0) is 24.4. The molecule has 2 aromatic rings. The fraction of sp³-hybridized carbons (Fsp3) is 0.464. The topological polar surface area (TPSA) is 95.9 Å². The summed E-state index contributed by atoms with van der Waals surface area (Å²) < 4.78 is 5.66. The number of carbonyl (C=O) groups excluding carboxylic acids is 2. The number of rotatable bonds is 7. The fourth-order valence-corrected chi connectivity index (χ4v) is 5.81. The highest BCUT2D eigenvalue weighted by Crippen LogP contribution is 2.45. The molecule has 7 nitrogen and oxygen atoms in total. The van der Waals surface area contributed by atoms with Crippen molar-refractivity contribution < 1.29 is 24.2 Å². The number of benzene rings is 2. The first-order valence-corrected chi connectivity index (χ1v) is 12.6. The lowest BCUT2D eigenvalue weighted by Gasteiger charge is -2.43. The lowest BCUT2D eigenvalue weighted by atomic mass is 9.66. The highest BCUT2D eigenvalue weighted by atomic mass is 16.5. The SMILES string of the molecule is O=C(NCC1(CC(=O)N2CCC(C(=O)O)CC2)CCC1)OCC1c2ccccc2-c2ccccc21. The van der Waals surface area contributed by atoms with E-state index in [4.69, 9.17) is 4.74 Å². The van der Waals surface area contributed by atoms with Crippen molar-refractivity contribution in [2.45, 2.75) is 44.4 Å². The first kappa shape index (κ1) is 23.4. The molecule has 0 spiro atoms. The van der Waals surface area contributed by atoms with Gasteiger partial charge >= 0.3 is 12.1 Å². The molecule has 1 saturated carbocycles. The van der Waals surface area contributed by atoms with Crippen LogP contribution in [0.3, 0.4) is 0 Å². The molecule has 2 aliphatic carbocycles. The Bertz CT molecular complexity index is 1070. The van der Waals surface area contributed by atoms with Crippen LogP contribution >= 0.6 is 0 Å². The number of carboxylic acids is 1. The van der Waals surface area contributed by atoms with Crippen molar-refractivity contribution in [1.82, 2.24) is 10.2 Å². The highest BCUT2D eigenvalue weighted by molar-refractivity contribution is 5.79. The molecule has 1 saturated heterocycles. The van der Waals surface area contributed by atoms with E-state index in [0.717, 1.165) is 19.3 Å². The maximum absolute atomic E-state index is 12.9. The number of hydrogen-bond acceptors (Lipinski definition) is 4. The van der Waals surface area contributed by atoms with Crippen LogP contribution in [0.2, 0.25) is 0 Å². The minimum absolute atomic E-state index is 0.0149. The molecule has 1 aliphatic heterocycles. The maximum atomic E-state index is 12.9. The molecule has 3 aliphatic rings. The van der Waals surface area contributed by atoms with Gasteiger partial charge in [0.05, 0.1) is 5.92 Å². The van der Waals surface area contributed by atoms with Crippen molar-refractivity contribution in [1.29, 1.82) is 0 Å². The van der Waals surface area contributed by atoms with Gasteiger partial charge in [0.25, 0.3) is 0 Å². The van der Waals surface area contributed by atoms with E-state index in [0.29, 0.717) is 38.9 Å². The second-order valence-electron chi connectivity index (χ2n) is 10.2. The number of carbonyl (C=O) groups is 3. The van der Waals surface area contributed by atoms with E-state index in [2.05, 4.69) is 29.6 Å². The third-order valence-electron chi connectivity index (χ3n) is 8.09. The fourth-order valence-electron chi connectivity index (χ4n) is 5.81. The molecule has 5 rings (SSSR count). The van der Waals surface area contributed by atoms with Crippen LogP contribution in [-0.4, -0.2) is 54.2 Å². The molecule has 2 fully saturated rings. The Kier molecular flexibility index (Phi) is 6.50. The number of piperidine rings is 1. The molecule has 0 radical (unpaired) electrons. The Morgan fingerprint density at radius 1 is 0.971 bits per heavy atom. The molecule has 0 atom stereocenters. The van der Waals surface area contributed by atoms with Crippen LogP contribution in [0.4, 0.5) is 4.79 Å². The van der Waals surface area contributed by atoms with Crippen molar-refractivity contribution in [3.8, 4) is 11.1 Å². The monoisotopic (exact) mass is 476 g/mol. The second kappa shape index (κ2) is 9.72. The molecule has 184 valence electrons. The molecule has 0 bridgehead atoms. The Balaban J connectivity index is 1.13. The summed E-state index contributed by atoms with van der Waals surface area (Å²) in [6, 6.07) is 16.5. The minimum atomic E-state index is -0.778. The predicted octanol–water partition coefficient (Wildman–Crippen LogP) is 4.41. The van der Waals surface area contributed by atoms with Crippen molar-refractivity contribution in [2.24, 2.45) is 11.3 Å². The lowest BCUT2D eigenvalue weighted by molar-refractivity contribution is -0.146. The van der Waals surface area contributed by atoms with Crippen molar-refractivity contribution in [3.05, 3.63) is 59.7 Å². The van der Waals surface area contributed by atoms with E-state index < -0.39 is 12.1 Å². The summed E-state index contributed by atoms with van der Waals surface area (Å²) in [5.41, 5.74) is 4.50. The third-order valence-corrected chi connectivity index (χ3v) is 8.09. The molecule has 0 aromatic heterocycles. The zero-order valence-electron chi connectivity index (χ0n) is 19.9. The van der Waals surface area contributed by atoms with Crippen LogP contribution in [-0.2, 0) is 14.3 Å². The molecule has 7 heteroatoms. The minimum Gasteiger partial charge on any atom is -0.481 e. The number of alkyl carbamates (subject to hydrolysis) is 1. The van der Waals surface area contributed by atoms with Gasteiger partial charge in [0.15, 0.2) is 0 Å². The predicted molar refractivity (Wildman–Crippen MR) is 131 cm³/mol. The number of aliphatic carboxylic acids is 1. The highest BCUT2D eigenvalue weighted by Gasteiger charge is 2.41. The van der Waals surface area contributed by atoms with Crippen LogP contribution in [0, 0.1) is 11.3 Å². The van der Waals surface area contributed by atoms with Crippen LogP contribution in [0.5, 0.6) is 0 Å². The molecular formula is C28H32N2O5. The molecule has 1 heterocycles. The summed E-state index contributed by atoms with van der Waals surface area (Å²) in [6.45, 7) is 1.67. The number of likely N-dealkylation sites (tertiary alicyclic amines) is 1. The number of hydrogen-bond donors (Lipinski definition) is 2. The zero-order valence-corrected chi connectivity index (χ0v) is 19.9. The summed E-state index contributed by atoms with van der Waals surface area (Å²) in [6.07, 6.45) is 3.78. The second-order valence-corrected chi connectivity index (χ2v) is 10.2. The number of nitrogens with one attached hydrogen (secondary N) is 1. The van der Waals surface area contributed by atoms with Gasteiger partial charge in [0.1, 0.15) is 6.61 Å².